The SMILES string of the molecule is CC.CC.Cc1ccccc1-c1ccc(C(=O)Nc2ccccc2Oc2ccc3ccncc3c2)cc1.Nc1nccc2ccc(Oc3ccccc3NC(=O)c3ccc(-c4ccccc4S(N)(=O)=O)cc3)cc12. The summed E-state index contributed by atoms with van der Waals surface area (Å²) in [6.45, 7) is 10.1. The van der Waals surface area contributed by atoms with E-state index in [0.717, 1.165) is 32.7 Å². The van der Waals surface area contributed by atoms with Crippen molar-refractivity contribution in [2.75, 3.05) is 16.4 Å². The number of anilines is 3. The first-order valence-electron chi connectivity index (χ1n) is 24.0. The Morgan fingerprint density at radius 3 is 1.58 bits per heavy atom. The maximum absolute atomic E-state index is 13.0. The number of rotatable bonds is 11. The molecule has 2 aromatic heterocycles. The molecule has 0 aliphatic heterocycles. The first kappa shape index (κ1) is 52.6. The number of primary sulfonamides is 1. The van der Waals surface area contributed by atoms with Crippen molar-refractivity contribution in [2.24, 2.45) is 5.14 Å². The molecule has 2 amide bonds. The second kappa shape index (κ2) is 24.8. The number of nitrogens with two attached hydrogens (primary N) is 2. The Morgan fingerprint density at radius 1 is 0.514 bits per heavy atom. The van der Waals surface area contributed by atoms with Crippen molar-refractivity contribution in [2.45, 2.75) is 39.5 Å². The van der Waals surface area contributed by atoms with Gasteiger partial charge in [-0.05, 0) is 131 Å². The number of pyridine rings is 2. The predicted octanol–water partition coefficient (Wildman–Crippen LogP) is 14.5. The van der Waals surface area contributed by atoms with Crippen LogP contribution in [0.2, 0.25) is 0 Å². The van der Waals surface area contributed by atoms with Crippen LogP contribution in [0.3, 0.4) is 0 Å². The maximum atomic E-state index is 13.0. The highest BCUT2D eigenvalue weighted by molar-refractivity contribution is 7.89. The first-order chi connectivity index (χ1) is 36.0. The highest BCUT2D eigenvalue weighted by atomic mass is 32.2. The number of ether oxygens (including phenoxy) is 2. The van der Waals surface area contributed by atoms with Crippen molar-refractivity contribution in [3.05, 3.63) is 229 Å². The second-order valence-electron chi connectivity index (χ2n) is 16.1. The molecular formula is C61H56N6O6S. The van der Waals surface area contributed by atoms with E-state index in [2.05, 4.69) is 39.7 Å². The Hall–Kier alpha value is -9.17. The van der Waals surface area contributed by atoms with Gasteiger partial charge in [0.15, 0.2) is 11.5 Å². The van der Waals surface area contributed by atoms with E-state index in [1.54, 1.807) is 91.4 Å². The summed E-state index contributed by atoms with van der Waals surface area (Å²) in [6.07, 6.45) is 5.21. The van der Waals surface area contributed by atoms with E-state index in [4.69, 9.17) is 20.3 Å². The van der Waals surface area contributed by atoms with Crippen molar-refractivity contribution in [1.29, 1.82) is 0 Å². The number of sulfonamides is 1. The molecule has 0 radical (unpaired) electrons. The van der Waals surface area contributed by atoms with Gasteiger partial charge in [-0.2, -0.15) is 0 Å². The lowest BCUT2D eigenvalue weighted by molar-refractivity contribution is 0.101. The topological polar surface area (TPSA) is 189 Å². The van der Waals surface area contributed by atoms with Crippen LogP contribution in [0.15, 0.2) is 218 Å². The number of hydrogen-bond donors (Lipinski definition) is 4. The molecule has 0 bridgehead atoms. The third-order valence-corrected chi connectivity index (χ3v) is 12.3. The molecule has 10 aromatic rings. The molecule has 0 atom stereocenters. The Morgan fingerprint density at radius 2 is 1.00 bits per heavy atom. The van der Waals surface area contributed by atoms with Crippen molar-refractivity contribution in [3.8, 4) is 45.3 Å². The molecule has 0 saturated carbocycles. The molecule has 0 unspecified atom stereocenters. The lowest BCUT2D eigenvalue weighted by atomic mass is 9.99. The van der Waals surface area contributed by atoms with Gasteiger partial charge in [0.25, 0.3) is 11.8 Å². The number of hydrogen-bond acceptors (Lipinski definition) is 9. The average Bonchev–Trinajstić information content (AvgIpc) is 3.43. The second-order valence-corrected chi connectivity index (χ2v) is 17.6. The van der Waals surface area contributed by atoms with Gasteiger partial charge in [0.1, 0.15) is 17.3 Å². The highest BCUT2D eigenvalue weighted by Gasteiger charge is 2.17. The number of benzene rings is 8. The van der Waals surface area contributed by atoms with Crippen LogP contribution in [0, 0.1) is 6.92 Å². The molecule has 0 aliphatic carbocycles. The predicted molar refractivity (Wildman–Crippen MR) is 299 cm³/mol. The number of nitrogens with one attached hydrogen (secondary N) is 2. The summed E-state index contributed by atoms with van der Waals surface area (Å²) in [6, 6.07) is 58.5. The summed E-state index contributed by atoms with van der Waals surface area (Å²) in [4.78, 5) is 34.2. The van der Waals surface area contributed by atoms with Crippen molar-refractivity contribution in [3.63, 3.8) is 0 Å². The van der Waals surface area contributed by atoms with Gasteiger partial charge in [0.2, 0.25) is 10.0 Å². The summed E-state index contributed by atoms with van der Waals surface area (Å²) in [5.74, 6) is 2.12. The lowest BCUT2D eigenvalue weighted by Gasteiger charge is -2.13. The van der Waals surface area contributed by atoms with Crippen molar-refractivity contribution in [1.82, 2.24) is 9.97 Å². The molecule has 0 saturated heterocycles. The molecule has 372 valence electrons. The largest absolute Gasteiger partial charge is 0.455 e. The third-order valence-electron chi connectivity index (χ3n) is 11.4. The molecule has 8 aromatic carbocycles. The summed E-state index contributed by atoms with van der Waals surface area (Å²) in [5, 5.41) is 15.0. The van der Waals surface area contributed by atoms with Crippen LogP contribution in [0.25, 0.3) is 43.8 Å². The summed E-state index contributed by atoms with van der Waals surface area (Å²) < 4.78 is 36.1. The van der Waals surface area contributed by atoms with Crippen molar-refractivity contribution >= 4 is 60.6 Å². The van der Waals surface area contributed by atoms with Crippen LogP contribution in [0.1, 0.15) is 54.0 Å². The molecule has 0 spiro atoms. The van der Waals surface area contributed by atoms with E-state index in [-0.39, 0.29) is 16.7 Å². The average molecular weight is 1000 g/mol. The van der Waals surface area contributed by atoms with Gasteiger partial charge in [-0.1, -0.05) is 131 Å². The fourth-order valence-electron chi connectivity index (χ4n) is 7.77. The minimum absolute atomic E-state index is 0.0181. The van der Waals surface area contributed by atoms with Crippen LogP contribution >= 0.6 is 0 Å². The van der Waals surface area contributed by atoms with Gasteiger partial charge in [-0.25, -0.2) is 18.5 Å². The summed E-state index contributed by atoms with van der Waals surface area (Å²) in [5.41, 5.74) is 12.6. The Labute approximate surface area is 431 Å². The standard InChI is InChI=1S/C29H22N2O2.C28H22N4O4S.2C2H6/c1-20-6-2-3-7-26(20)22-10-12-23(13-11-22)29(32)31-27-8-4-5-9-28(27)33-25-15-14-21-16-17-30-19-24(21)18-25;29-27-23-17-21(14-13-19(23)15-16-31-27)36-25-7-3-2-6-24(25)32-28(33)20-11-9-18(10-12-20)22-5-1-4-8-26(22)37(30,34)35;2*1-2/h2-19H,1H3,(H,31,32);1-17H,(H2,29,31)(H,32,33)(H2,30,34,35);2*1-2H3. The number of aryl methyl sites for hydroxylation is 1. The monoisotopic (exact) mass is 1000 g/mol. The number of carbonyl (C=O) groups is 2. The molecule has 74 heavy (non-hydrogen) atoms. The molecule has 10 rings (SSSR count). The van der Waals surface area contributed by atoms with Crippen LogP contribution in [0.5, 0.6) is 23.0 Å². The van der Waals surface area contributed by atoms with Gasteiger partial charge in [0.05, 0.1) is 16.3 Å². The van der Waals surface area contributed by atoms with Crippen molar-refractivity contribution < 1.29 is 27.5 Å². The first-order valence-corrected chi connectivity index (χ1v) is 25.5. The van der Waals surface area contributed by atoms with Crippen LogP contribution in [-0.2, 0) is 10.0 Å². The molecule has 13 heteroatoms. The normalized spacial score (nSPS) is 10.6. The molecular weight excluding hydrogens is 945 g/mol. The van der Waals surface area contributed by atoms with E-state index in [1.165, 1.54) is 11.6 Å². The fourth-order valence-corrected chi connectivity index (χ4v) is 8.53. The number of carbonyl (C=O) groups excluding carboxylic acids is 2. The van der Waals surface area contributed by atoms with Gasteiger partial charge < -0.3 is 25.8 Å². The highest BCUT2D eigenvalue weighted by Crippen LogP contribution is 2.34. The zero-order chi connectivity index (χ0) is 52.6. The lowest BCUT2D eigenvalue weighted by Crippen LogP contribution is -2.13. The minimum atomic E-state index is -3.90. The summed E-state index contributed by atoms with van der Waals surface area (Å²) in [7, 11) is -3.90. The van der Waals surface area contributed by atoms with E-state index in [1.807, 2.05) is 131 Å². The molecule has 2 heterocycles. The Bertz CT molecular complexity index is 3660. The van der Waals surface area contributed by atoms with Gasteiger partial charge >= 0.3 is 0 Å². The zero-order valence-electron chi connectivity index (χ0n) is 41.6. The number of fused-ring (bicyclic) bond motifs is 2. The summed E-state index contributed by atoms with van der Waals surface area (Å²) >= 11 is 0. The number of nitrogen functional groups attached to an aromatic ring is 1. The maximum Gasteiger partial charge on any atom is 0.255 e. The fraction of sp³-hybridized carbons (Fsp3) is 0.0820. The number of amides is 2. The van der Waals surface area contributed by atoms with Gasteiger partial charge in [-0.15, -0.1) is 0 Å². The van der Waals surface area contributed by atoms with Gasteiger partial charge in [0, 0.05) is 46.1 Å². The van der Waals surface area contributed by atoms with E-state index >= 15 is 0 Å². The van der Waals surface area contributed by atoms with E-state index in [0.29, 0.717) is 62.4 Å². The third kappa shape index (κ3) is 13.0. The van der Waals surface area contributed by atoms with E-state index < -0.39 is 10.0 Å². The number of nitrogens with zero attached hydrogens (tertiary/aromatic N) is 2. The Kier molecular flexibility index (Phi) is 17.6. The van der Waals surface area contributed by atoms with E-state index in [9.17, 15) is 18.0 Å². The van der Waals surface area contributed by atoms with Crippen LogP contribution in [0.4, 0.5) is 17.2 Å². The number of aromatic nitrogens is 2. The van der Waals surface area contributed by atoms with Crippen LogP contribution < -0.4 is 31.0 Å². The quantitative estimate of drug-likeness (QED) is 0.0977. The molecule has 0 fully saturated rings. The number of para-hydroxylation sites is 4. The van der Waals surface area contributed by atoms with Gasteiger partial charge in [-0.3, -0.25) is 14.6 Å². The molecule has 12 nitrogen and oxygen atoms in total. The Balaban J connectivity index is 0.000000204. The molecule has 0 aliphatic rings. The minimum Gasteiger partial charge on any atom is -0.455 e. The van der Waals surface area contributed by atoms with Crippen LogP contribution in [-0.4, -0.2) is 30.2 Å². The zero-order valence-corrected chi connectivity index (χ0v) is 42.4. The molecule has 6 N–H and O–H groups in total. The smallest absolute Gasteiger partial charge is 0.255 e.